The highest BCUT2D eigenvalue weighted by atomic mass is 32.1. The number of benzene rings is 1. The van der Waals surface area contributed by atoms with E-state index in [0.29, 0.717) is 6.54 Å². The van der Waals surface area contributed by atoms with Crippen LogP contribution in [-0.2, 0) is 17.7 Å². The van der Waals surface area contributed by atoms with Gasteiger partial charge in [0.25, 0.3) is 0 Å². The van der Waals surface area contributed by atoms with Gasteiger partial charge in [0.05, 0.1) is 12.2 Å². The lowest BCUT2D eigenvalue weighted by Crippen LogP contribution is -2.39. The number of aromatic nitrogens is 1. The van der Waals surface area contributed by atoms with Crippen LogP contribution >= 0.6 is 11.3 Å². The van der Waals surface area contributed by atoms with Crippen molar-refractivity contribution in [3.8, 4) is 0 Å². The Balaban J connectivity index is 1.85. The Hall–Kier alpha value is -1.99. The molecule has 0 aliphatic carbocycles. The maximum absolute atomic E-state index is 12.9. The predicted octanol–water partition coefficient (Wildman–Crippen LogP) is 3.24. The summed E-state index contributed by atoms with van der Waals surface area (Å²) in [4.78, 5) is 10.9. The number of hydrogen-bond acceptors (Lipinski definition) is 4. The SMILES string of the molecule is CN=C(NCCc1ccc(F)cc1)N(C)Cc1csc(C(C)OC)n1. The third kappa shape index (κ3) is 5.79. The van der Waals surface area contributed by atoms with Gasteiger partial charge < -0.3 is 15.0 Å². The maximum atomic E-state index is 12.9. The van der Waals surface area contributed by atoms with Gasteiger partial charge >= 0.3 is 0 Å². The molecule has 0 aliphatic heterocycles. The molecule has 0 saturated heterocycles. The molecule has 0 radical (unpaired) electrons. The van der Waals surface area contributed by atoms with Crippen molar-refractivity contribution < 1.29 is 9.13 Å². The van der Waals surface area contributed by atoms with Crippen LogP contribution in [0.1, 0.15) is 29.3 Å². The minimum atomic E-state index is -0.210. The van der Waals surface area contributed by atoms with Crippen molar-refractivity contribution in [3.05, 3.63) is 51.7 Å². The van der Waals surface area contributed by atoms with Crippen molar-refractivity contribution >= 4 is 17.3 Å². The number of methoxy groups -OCH3 is 1. The second-order valence-corrected chi connectivity index (χ2v) is 6.65. The number of rotatable bonds is 7. The quantitative estimate of drug-likeness (QED) is 0.605. The molecule has 0 aliphatic rings. The molecule has 7 heteroatoms. The molecule has 1 aromatic heterocycles. The summed E-state index contributed by atoms with van der Waals surface area (Å²) in [7, 11) is 5.42. The summed E-state index contributed by atoms with van der Waals surface area (Å²) in [6, 6.07) is 6.57. The van der Waals surface area contributed by atoms with Gasteiger partial charge in [0.1, 0.15) is 16.9 Å². The molecule has 5 nitrogen and oxygen atoms in total. The predicted molar refractivity (Wildman–Crippen MR) is 100 cm³/mol. The van der Waals surface area contributed by atoms with Gasteiger partial charge in [-0.15, -0.1) is 11.3 Å². The summed E-state index contributed by atoms with van der Waals surface area (Å²) in [6.07, 6.45) is 0.816. The molecular formula is C18H25FN4OS. The van der Waals surface area contributed by atoms with E-state index < -0.39 is 0 Å². The molecule has 2 aromatic rings. The first-order chi connectivity index (χ1) is 12.0. The van der Waals surface area contributed by atoms with Crippen LogP contribution in [0.4, 0.5) is 4.39 Å². The van der Waals surface area contributed by atoms with Gasteiger partial charge in [-0.3, -0.25) is 4.99 Å². The van der Waals surface area contributed by atoms with Crippen molar-refractivity contribution in [3.63, 3.8) is 0 Å². The van der Waals surface area contributed by atoms with Gasteiger partial charge in [0.2, 0.25) is 0 Å². The van der Waals surface area contributed by atoms with E-state index in [4.69, 9.17) is 4.74 Å². The van der Waals surface area contributed by atoms with Crippen molar-refractivity contribution in [2.75, 3.05) is 27.7 Å². The number of halogens is 1. The van der Waals surface area contributed by atoms with Gasteiger partial charge in [-0.25, -0.2) is 9.37 Å². The highest BCUT2D eigenvalue weighted by molar-refractivity contribution is 7.09. The number of ether oxygens (including phenoxy) is 1. The molecule has 0 spiro atoms. The summed E-state index contributed by atoms with van der Waals surface area (Å²) in [5.74, 6) is 0.592. The summed E-state index contributed by atoms with van der Waals surface area (Å²) >= 11 is 1.61. The molecule has 1 atom stereocenters. The van der Waals surface area contributed by atoms with E-state index >= 15 is 0 Å². The molecule has 0 saturated carbocycles. The van der Waals surface area contributed by atoms with Crippen molar-refractivity contribution in [1.82, 2.24) is 15.2 Å². The summed E-state index contributed by atoms with van der Waals surface area (Å²) in [6.45, 7) is 3.39. The summed E-state index contributed by atoms with van der Waals surface area (Å²) in [5.41, 5.74) is 2.08. The molecule has 25 heavy (non-hydrogen) atoms. The highest BCUT2D eigenvalue weighted by Gasteiger charge is 2.12. The van der Waals surface area contributed by atoms with Crippen LogP contribution in [0.25, 0.3) is 0 Å². The van der Waals surface area contributed by atoms with Crippen LogP contribution in [0.3, 0.4) is 0 Å². The minimum absolute atomic E-state index is 0.0113. The Morgan fingerprint density at radius 1 is 1.40 bits per heavy atom. The molecule has 1 heterocycles. The maximum Gasteiger partial charge on any atom is 0.193 e. The number of guanidine groups is 1. The fourth-order valence-corrected chi connectivity index (χ4v) is 3.20. The average molecular weight is 364 g/mol. The van der Waals surface area contributed by atoms with Gasteiger partial charge in [0.15, 0.2) is 5.96 Å². The van der Waals surface area contributed by atoms with E-state index in [2.05, 4.69) is 15.3 Å². The van der Waals surface area contributed by atoms with Crippen LogP contribution in [-0.4, -0.2) is 43.6 Å². The standard InChI is InChI=1S/C18H25FN4OS/c1-13(24-4)17-22-16(12-25-17)11-23(3)18(20-2)21-10-9-14-5-7-15(19)8-6-14/h5-8,12-13H,9-11H2,1-4H3,(H,20,21). The molecule has 136 valence electrons. The van der Waals surface area contributed by atoms with E-state index in [0.717, 1.165) is 35.2 Å². The zero-order valence-electron chi connectivity index (χ0n) is 15.1. The first-order valence-corrected chi connectivity index (χ1v) is 9.04. The summed E-state index contributed by atoms with van der Waals surface area (Å²) < 4.78 is 18.2. The van der Waals surface area contributed by atoms with Crippen LogP contribution in [0.15, 0.2) is 34.6 Å². The molecular weight excluding hydrogens is 339 g/mol. The fourth-order valence-electron chi connectivity index (χ4n) is 2.36. The van der Waals surface area contributed by atoms with Crippen LogP contribution in [0.5, 0.6) is 0 Å². The van der Waals surface area contributed by atoms with Gasteiger partial charge in [0, 0.05) is 33.1 Å². The van der Waals surface area contributed by atoms with E-state index in [1.807, 2.05) is 24.3 Å². The second kappa shape index (κ2) is 9.48. The van der Waals surface area contributed by atoms with Crippen molar-refractivity contribution in [2.24, 2.45) is 4.99 Å². The monoisotopic (exact) mass is 364 g/mol. The Morgan fingerprint density at radius 3 is 2.76 bits per heavy atom. The molecule has 1 N–H and O–H groups in total. The lowest BCUT2D eigenvalue weighted by molar-refractivity contribution is 0.119. The average Bonchev–Trinajstić information content (AvgIpc) is 3.08. The van der Waals surface area contributed by atoms with E-state index in [1.54, 1.807) is 37.6 Å². The third-order valence-corrected chi connectivity index (χ3v) is 4.91. The number of thiazole rings is 1. The van der Waals surface area contributed by atoms with Crippen molar-refractivity contribution in [2.45, 2.75) is 26.0 Å². The van der Waals surface area contributed by atoms with E-state index in [-0.39, 0.29) is 11.9 Å². The Labute approximate surface area is 152 Å². The normalized spacial score (nSPS) is 12.9. The first-order valence-electron chi connectivity index (χ1n) is 8.16. The number of hydrogen-bond donors (Lipinski definition) is 1. The highest BCUT2D eigenvalue weighted by Crippen LogP contribution is 2.20. The Kier molecular flexibility index (Phi) is 7.33. The fraction of sp³-hybridized carbons (Fsp3) is 0.444. The zero-order chi connectivity index (χ0) is 18.2. The Morgan fingerprint density at radius 2 is 2.12 bits per heavy atom. The van der Waals surface area contributed by atoms with E-state index in [9.17, 15) is 4.39 Å². The lowest BCUT2D eigenvalue weighted by Gasteiger charge is -2.21. The Bertz CT molecular complexity index is 687. The zero-order valence-corrected chi connectivity index (χ0v) is 15.9. The third-order valence-electron chi connectivity index (χ3n) is 3.85. The van der Waals surface area contributed by atoms with Gasteiger partial charge in [-0.05, 0) is 31.0 Å². The molecule has 0 amide bonds. The largest absolute Gasteiger partial charge is 0.375 e. The molecule has 0 bridgehead atoms. The number of aliphatic imine (C=N–C) groups is 1. The first kappa shape index (κ1) is 19.3. The van der Waals surface area contributed by atoms with Crippen LogP contribution in [0, 0.1) is 5.82 Å². The summed E-state index contributed by atoms with van der Waals surface area (Å²) in [5, 5.41) is 6.35. The minimum Gasteiger partial charge on any atom is -0.375 e. The smallest absolute Gasteiger partial charge is 0.193 e. The van der Waals surface area contributed by atoms with Crippen LogP contribution < -0.4 is 5.32 Å². The molecule has 2 rings (SSSR count). The second-order valence-electron chi connectivity index (χ2n) is 5.76. The molecule has 1 aromatic carbocycles. The van der Waals surface area contributed by atoms with Gasteiger partial charge in [-0.2, -0.15) is 0 Å². The number of nitrogens with zero attached hydrogens (tertiary/aromatic N) is 3. The lowest BCUT2D eigenvalue weighted by atomic mass is 10.1. The topological polar surface area (TPSA) is 49.8 Å². The van der Waals surface area contributed by atoms with Gasteiger partial charge in [-0.1, -0.05) is 12.1 Å². The van der Waals surface area contributed by atoms with Crippen LogP contribution in [0.2, 0.25) is 0 Å². The number of nitrogens with one attached hydrogen (secondary N) is 1. The van der Waals surface area contributed by atoms with Crippen molar-refractivity contribution in [1.29, 1.82) is 0 Å². The molecule has 1 unspecified atom stereocenters. The molecule has 0 fully saturated rings. The van der Waals surface area contributed by atoms with E-state index in [1.165, 1.54) is 12.1 Å².